The zero-order valence-electron chi connectivity index (χ0n) is 16.6. The van der Waals surface area contributed by atoms with Crippen LogP contribution in [0.4, 0.5) is 0 Å². The van der Waals surface area contributed by atoms with Crippen LogP contribution in [0.1, 0.15) is 24.8 Å². The van der Waals surface area contributed by atoms with Gasteiger partial charge in [0.15, 0.2) is 11.5 Å². The molecular formula is C23H31N3O2. The summed E-state index contributed by atoms with van der Waals surface area (Å²) < 4.78 is 11.3. The molecule has 0 aliphatic carbocycles. The van der Waals surface area contributed by atoms with Gasteiger partial charge in [-0.25, -0.2) is 0 Å². The molecule has 0 radical (unpaired) electrons. The molecule has 2 N–H and O–H groups in total. The molecule has 2 fully saturated rings. The first-order chi connectivity index (χ1) is 13.8. The van der Waals surface area contributed by atoms with Gasteiger partial charge in [-0.1, -0.05) is 42.5 Å². The number of benzene rings is 2. The van der Waals surface area contributed by atoms with E-state index in [-0.39, 0.29) is 0 Å². The molecule has 0 spiro atoms. The van der Waals surface area contributed by atoms with Crippen LogP contribution < -0.4 is 20.3 Å². The number of likely N-dealkylation sites (tertiary alicyclic amines) is 1. The minimum Gasteiger partial charge on any atom is -0.493 e. The summed E-state index contributed by atoms with van der Waals surface area (Å²) in [6, 6.07) is 19.6. The standard InChI is InChI=1S/C23H31N3O2/c1-27-22-9-5-6-10-23(22)28-14-12-20-15-21(25-24-20)19-11-13-26(17-19)16-18-7-3-2-4-8-18/h2-10,19-21,24-25H,11-17H2,1H3. The topological polar surface area (TPSA) is 45.8 Å². The van der Waals surface area contributed by atoms with Gasteiger partial charge >= 0.3 is 0 Å². The van der Waals surface area contributed by atoms with Crippen LogP contribution in [0, 0.1) is 5.92 Å². The van der Waals surface area contributed by atoms with Crippen molar-refractivity contribution in [2.45, 2.75) is 37.9 Å². The summed E-state index contributed by atoms with van der Waals surface area (Å²) in [5.41, 5.74) is 8.44. The average molecular weight is 382 g/mol. The number of hydrazine groups is 1. The Bertz CT molecular complexity index is 740. The van der Waals surface area contributed by atoms with Gasteiger partial charge in [0.25, 0.3) is 0 Å². The van der Waals surface area contributed by atoms with Gasteiger partial charge in [0.05, 0.1) is 13.7 Å². The van der Waals surface area contributed by atoms with E-state index in [2.05, 4.69) is 46.1 Å². The Labute approximate surface area is 168 Å². The molecule has 2 aliphatic rings. The molecule has 5 nitrogen and oxygen atoms in total. The van der Waals surface area contributed by atoms with Crippen molar-refractivity contribution in [3.63, 3.8) is 0 Å². The fraction of sp³-hybridized carbons (Fsp3) is 0.478. The zero-order chi connectivity index (χ0) is 19.2. The highest BCUT2D eigenvalue weighted by Gasteiger charge is 2.34. The van der Waals surface area contributed by atoms with Crippen molar-refractivity contribution in [1.82, 2.24) is 15.8 Å². The fourth-order valence-electron chi connectivity index (χ4n) is 4.38. The molecule has 0 bridgehead atoms. The molecule has 2 heterocycles. The monoisotopic (exact) mass is 381 g/mol. The van der Waals surface area contributed by atoms with Crippen LogP contribution in [0.2, 0.25) is 0 Å². The van der Waals surface area contributed by atoms with Crippen LogP contribution in [0.25, 0.3) is 0 Å². The van der Waals surface area contributed by atoms with Gasteiger partial charge in [0.1, 0.15) is 0 Å². The van der Waals surface area contributed by atoms with E-state index in [0.29, 0.717) is 18.7 Å². The Kier molecular flexibility index (Phi) is 6.47. The van der Waals surface area contributed by atoms with Crippen molar-refractivity contribution < 1.29 is 9.47 Å². The van der Waals surface area contributed by atoms with Gasteiger partial charge in [0, 0.05) is 25.2 Å². The average Bonchev–Trinajstić information content (AvgIpc) is 3.39. The molecule has 3 atom stereocenters. The number of methoxy groups -OCH3 is 1. The normalized spacial score (nSPS) is 25.1. The molecular weight excluding hydrogens is 350 g/mol. The second-order valence-electron chi connectivity index (χ2n) is 7.89. The number of hydrogen-bond donors (Lipinski definition) is 2. The van der Waals surface area contributed by atoms with E-state index in [0.717, 1.165) is 30.4 Å². The number of hydrogen-bond acceptors (Lipinski definition) is 5. The molecule has 2 aromatic carbocycles. The van der Waals surface area contributed by atoms with E-state index in [1.54, 1.807) is 7.11 Å². The summed E-state index contributed by atoms with van der Waals surface area (Å²) in [5, 5.41) is 0. The van der Waals surface area contributed by atoms with Gasteiger partial charge in [-0.2, -0.15) is 0 Å². The summed E-state index contributed by atoms with van der Waals surface area (Å²) in [6.07, 6.45) is 3.43. The first-order valence-electron chi connectivity index (χ1n) is 10.3. The van der Waals surface area contributed by atoms with E-state index in [1.165, 1.54) is 31.5 Å². The van der Waals surface area contributed by atoms with E-state index >= 15 is 0 Å². The molecule has 150 valence electrons. The predicted octanol–water partition coefficient (Wildman–Crippen LogP) is 3.22. The van der Waals surface area contributed by atoms with Crippen LogP contribution >= 0.6 is 0 Å². The summed E-state index contributed by atoms with van der Waals surface area (Å²) in [4.78, 5) is 2.58. The van der Waals surface area contributed by atoms with E-state index in [4.69, 9.17) is 9.47 Å². The number of rotatable bonds is 8. The second kappa shape index (κ2) is 9.41. The lowest BCUT2D eigenvalue weighted by Gasteiger charge is -2.20. The molecule has 0 aromatic heterocycles. The molecule has 4 rings (SSSR count). The summed E-state index contributed by atoms with van der Waals surface area (Å²) in [5.74, 6) is 2.33. The number of nitrogens with one attached hydrogen (secondary N) is 2. The lowest BCUT2D eigenvalue weighted by Crippen LogP contribution is -2.38. The maximum absolute atomic E-state index is 5.93. The summed E-state index contributed by atoms with van der Waals surface area (Å²) >= 11 is 0. The Morgan fingerprint density at radius 2 is 1.79 bits per heavy atom. The lowest BCUT2D eigenvalue weighted by atomic mass is 9.94. The van der Waals surface area contributed by atoms with Crippen molar-refractivity contribution in [3.8, 4) is 11.5 Å². The Hall–Kier alpha value is -2.08. The molecule has 2 aliphatic heterocycles. The third-order valence-electron chi connectivity index (χ3n) is 5.93. The third kappa shape index (κ3) is 4.85. The van der Waals surface area contributed by atoms with Gasteiger partial charge < -0.3 is 9.47 Å². The molecule has 3 unspecified atom stereocenters. The molecule has 28 heavy (non-hydrogen) atoms. The van der Waals surface area contributed by atoms with Crippen molar-refractivity contribution in [2.24, 2.45) is 5.92 Å². The maximum Gasteiger partial charge on any atom is 0.161 e. The Morgan fingerprint density at radius 1 is 1.00 bits per heavy atom. The summed E-state index contributed by atoms with van der Waals surface area (Å²) in [6.45, 7) is 4.13. The molecule has 0 amide bonds. The Morgan fingerprint density at radius 3 is 2.61 bits per heavy atom. The summed E-state index contributed by atoms with van der Waals surface area (Å²) in [7, 11) is 1.68. The van der Waals surface area contributed by atoms with E-state index in [9.17, 15) is 0 Å². The van der Waals surface area contributed by atoms with Crippen LogP contribution in [0.3, 0.4) is 0 Å². The van der Waals surface area contributed by atoms with Gasteiger partial charge in [-0.05, 0) is 49.4 Å². The number of para-hydroxylation sites is 2. The first kappa shape index (κ1) is 19.2. The highest BCUT2D eigenvalue weighted by Crippen LogP contribution is 2.28. The number of ether oxygens (including phenoxy) is 2. The second-order valence-corrected chi connectivity index (χ2v) is 7.89. The largest absolute Gasteiger partial charge is 0.493 e. The highest BCUT2D eigenvalue weighted by molar-refractivity contribution is 5.39. The smallest absolute Gasteiger partial charge is 0.161 e. The van der Waals surface area contributed by atoms with E-state index in [1.807, 2.05) is 24.3 Å². The van der Waals surface area contributed by atoms with Gasteiger partial charge in [0.2, 0.25) is 0 Å². The maximum atomic E-state index is 5.93. The van der Waals surface area contributed by atoms with Crippen LogP contribution in [0.5, 0.6) is 11.5 Å². The SMILES string of the molecule is COc1ccccc1OCCC1CC(C2CCN(Cc3ccccc3)C2)NN1. The van der Waals surface area contributed by atoms with Crippen LogP contribution in [-0.4, -0.2) is 43.8 Å². The molecule has 2 saturated heterocycles. The zero-order valence-corrected chi connectivity index (χ0v) is 16.6. The highest BCUT2D eigenvalue weighted by atomic mass is 16.5. The van der Waals surface area contributed by atoms with Gasteiger partial charge in [-0.15, -0.1) is 0 Å². The van der Waals surface area contributed by atoms with Gasteiger partial charge in [-0.3, -0.25) is 15.8 Å². The number of nitrogens with zero attached hydrogens (tertiary/aromatic N) is 1. The van der Waals surface area contributed by atoms with Crippen molar-refractivity contribution in [2.75, 3.05) is 26.8 Å². The van der Waals surface area contributed by atoms with E-state index < -0.39 is 0 Å². The lowest BCUT2D eigenvalue weighted by molar-refractivity contribution is 0.273. The van der Waals surface area contributed by atoms with Crippen LogP contribution in [-0.2, 0) is 6.54 Å². The quantitative estimate of drug-likeness (QED) is 0.735. The minimum atomic E-state index is 0.461. The fourth-order valence-corrected chi connectivity index (χ4v) is 4.38. The Balaban J connectivity index is 1.19. The van der Waals surface area contributed by atoms with Crippen molar-refractivity contribution in [3.05, 3.63) is 60.2 Å². The molecule has 2 aromatic rings. The van der Waals surface area contributed by atoms with Crippen molar-refractivity contribution in [1.29, 1.82) is 0 Å². The third-order valence-corrected chi connectivity index (χ3v) is 5.93. The first-order valence-corrected chi connectivity index (χ1v) is 10.3. The minimum absolute atomic E-state index is 0.461. The molecule has 0 saturated carbocycles. The van der Waals surface area contributed by atoms with Crippen LogP contribution in [0.15, 0.2) is 54.6 Å². The van der Waals surface area contributed by atoms with Crippen molar-refractivity contribution >= 4 is 0 Å². The predicted molar refractivity (Wildman–Crippen MR) is 111 cm³/mol. The molecule has 5 heteroatoms.